The van der Waals surface area contributed by atoms with Crippen molar-refractivity contribution in [3.63, 3.8) is 0 Å². The van der Waals surface area contributed by atoms with E-state index in [1.165, 1.54) is 25.3 Å². The Morgan fingerprint density at radius 2 is 1.95 bits per heavy atom. The molecule has 5 heteroatoms. The second kappa shape index (κ2) is 6.21. The molecule has 0 bridgehead atoms. The first-order valence-electron chi connectivity index (χ1n) is 7.64. The van der Waals surface area contributed by atoms with Crippen molar-refractivity contribution in [1.82, 2.24) is 0 Å². The molecule has 1 heterocycles. The molecule has 1 aliphatic carbocycles. The fourth-order valence-corrected chi connectivity index (χ4v) is 4.08. The number of nitrogens with one attached hydrogen (secondary N) is 1. The zero-order valence-electron chi connectivity index (χ0n) is 11.9. The number of benzene rings is 1. The van der Waals surface area contributed by atoms with E-state index in [4.69, 9.17) is 4.74 Å². The van der Waals surface area contributed by atoms with Gasteiger partial charge in [0.1, 0.15) is 11.6 Å². The van der Waals surface area contributed by atoms with Crippen molar-refractivity contribution in [1.29, 1.82) is 0 Å². The van der Waals surface area contributed by atoms with E-state index in [1.807, 2.05) is 0 Å². The van der Waals surface area contributed by atoms with E-state index in [0.29, 0.717) is 16.7 Å². The molecular formula is C16H20BrF2NO. The highest BCUT2D eigenvalue weighted by molar-refractivity contribution is 9.10. The fraction of sp³-hybridized carbons (Fsp3) is 0.625. The smallest absolute Gasteiger partial charge is 0.150 e. The van der Waals surface area contributed by atoms with Crippen LogP contribution in [0.2, 0.25) is 0 Å². The molecule has 1 aromatic rings. The molecule has 2 aliphatic rings. The summed E-state index contributed by atoms with van der Waals surface area (Å²) in [6.45, 7) is 0.558. The van der Waals surface area contributed by atoms with Crippen LogP contribution in [0.3, 0.4) is 0 Å². The van der Waals surface area contributed by atoms with Gasteiger partial charge in [-0.05, 0) is 47.7 Å². The van der Waals surface area contributed by atoms with Crippen LogP contribution >= 0.6 is 15.9 Å². The first-order chi connectivity index (χ1) is 10.1. The number of hydrogen-bond donors (Lipinski definition) is 1. The van der Waals surface area contributed by atoms with E-state index in [1.54, 1.807) is 0 Å². The number of halogens is 3. The Balaban J connectivity index is 1.59. The van der Waals surface area contributed by atoms with E-state index in [-0.39, 0.29) is 11.7 Å². The topological polar surface area (TPSA) is 21.3 Å². The van der Waals surface area contributed by atoms with Gasteiger partial charge < -0.3 is 10.1 Å². The predicted molar refractivity (Wildman–Crippen MR) is 82.5 cm³/mol. The lowest BCUT2D eigenvalue weighted by Crippen LogP contribution is -2.33. The van der Waals surface area contributed by atoms with Gasteiger partial charge in [-0.25, -0.2) is 8.78 Å². The SMILES string of the molecule is Fc1cc(F)c(NCC2CCC3(CCCCC3)O2)c(Br)c1. The molecule has 2 nitrogen and oxygen atoms in total. The van der Waals surface area contributed by atoms with Gasteiger partial charge in [0.2, 0.25) is 0 Å². The summed E-state index contributed by atoms with van der Waals surface area (Å²) in [5, 5.41) is 3.06. The second-order valence-electron chi connectivity index (χ2n) is 6.15. The average molecular weight is 360 g/mol. The molecule has 1 atom stereocenters. The highest BCUT2D eigenvalue weighted by atomic mass is 79.9. The van der Waals surface area contributed by atoms with Gasteiger partial charge in [-0.3, -0.25) is 0 Å². The normalized spacial score (nSPS) is 24.4. The van der Waals surface area contributed by atoms with Crippen LogP contribution in [0, 0.1) is 11.6 Å². The highest BCUT2D eigenvalue weighted by Gasteiger charge is 2.40. The Hall–Kier alpha value is -0.680. The van der Waals surface area contributed by atoms with Gasteiger partial charge in [-0.1, -0.05) is 19.3 Å². The van der Waals surface area contributed by atoms with E-state index in [0.717, 1.165) is 31.7 Å². The van der Waals surface area contributed by atoms with Gasteiger partial charge in [0, 0.05) is 17.1 Å². The Bertz CT molecular complexity index is 494. The summed E-state index contributed by atoms with van der Waals surface area (Å²) in [4.78, 5) is 0. The molecule has 1 aliphatic heterocycles. The zero-order chi connectivity index (χ0) is 14.9. The molecule has 1 saturated carbocycles. The maximum Gasteiger partial charge on any atom is 0.150 e. The molecule has 1 N–H and O–H groups in total. The maximum absolute atomic E-state index is 13.8. The van der Waals surface area contributed by atoms with Gasteiger partial charge in [-0.2, -0.15) is 0 Å². The Kier molecular flexibility index (Phi) is 4.50. The highest BCUT2D eigenvalue weighted by Crippen LogP contribution is 2.42. The van der Waals surface area contributed by atoms with Crippen LogP contribution in [-0.4, -0.2) is 18.2 Å². The Morgan fingerprint density at radius 1 is 1.19 bits per heavy atom. The van der Waals surface area contributed by atoms with Crippen LogP contribution in [-0.2, 0) is 4.74 Å². The molecule has 21 heavy (non-hydrogen) atoms. The summed E-state index contributed by atoms with van der Waals surface area (Å²) in [7, 11) is 0. The van der Waals surface area contributed by atoms with Crippen LogP contribution in [0.5, 0.6) is 0 Å². The second-order valence-corrected chi connectivity index (χ2v) is 7.00. The first-order valence-corrected chi connectivity index (χ1v) is 8.44. The third kappa shape index (κ3) is 3.39. The molecule has 116 valence electrons. The van der Waals surface area contributed by atoms with Gasteiger partial charge in [0.05, 0.1) is 17.4 Å². The molecular weight excluding hydrogens is 340 g/mol. The van der Waals surface area contributed by atoms with Crippen molar-refractivity contribution in [2.24, 2.45) is 0 Å². The van der Waals surface area contributed by atoms with Crippen molar-refractivity contribution >= 4 is 21.6 Å². The van der Waals surface area contributed by atoms with Crippen LogP contribution in [0.1, 0.15) is 44.9 Å². The maximum atomic E-state index is 13.8. The van der Waals surface area contributed by atoms with Crippen LogP contribution in [0.15, 0.2) is 16.6 Å². The van der Waals surface area contributed by atoms with Crippen molar-refractivity contribution < 1.29 is 13.5 Å². The summed E-state index contributed by atoms with van der Waals surface area (Å²) in [6.07, 6.45) is 8.33. The average Bonchev–Trinajstić information content (AvgIpc) is 2.81. The molecule has 0 amide bonds. The van der Waals surface area contributed by atoms with Gasteiger partial charge >= 0.3 is 0 Å². The standard InChI is InChI=1S/C16H20BrF2NO/c17-13-8-11(18)9-14(19)15(13)20-10-12-4-7-16(21-12)5-2-1-3-6-16/h8-9,12,20H,1-7,10H2. The largest absolute Gasteiger partial charge is 0.379 e. The van der Waals surface area contributed by atoms with Gasteiger partial charge in [-0.15, -0.1) is 0 Å². The fourth-order valence-electron chi connectivity index (χ4n) is 3.53. The summed E-state index contributed by atoms with van der Waals surface area (Å²) in [5.41, 5.74) is 0.382. The Labute approximate surface area is 132 Å². The molecule has 1 unspecified atom stereocenters. The number of hydrogen-bond acceptors (Lipinski definition) is 2. The minimum Gasteiger partial charge on any atom is -0.379 e. The molecule has 1 spiro atoms. The predicted octanol–water partition coefficient (Wildman–Crippen LogP) is 5.02. The van der Waals surface area contributed by atoms with E-state index >= 15 is 0 Å². The molecule has 1 aromatic carbocycles. The van der Waals surface area contributed by atoms with Crippen LogP contribution < -0.4 is 5.32 Å². The summed E-state index contributed by atoms with van der Waals surface area (Å²) >= 11 is 3.19. The minimum absolute atomic E-state index is 0.0726. The summed E-state index contributed by atoms with van der Waals surface area (Å²) in [6, 6.07) is 2.16. The third-order valence-corrected chi connectivity index (χ3v) is 5.24. The molecule has 2 fully saturated rings. The minimum atomic E-state index is -0.580. The molecule has 3 rings (SSSR count). The summed E-state index contributed by atoms with van der Waals surface area (Å²) in [5.74, 6) is -1.16. The first kappa shape index (κ1) is 15.2. The lowest BCUT2D eigenvalue weighted by atomic mass is 9.83. The number of anilines is 1. The van der Waals surface area contributed by atoms with E-state index in [9.17, 15) is 8.78 Å². The van der Waals surface area contributed by atoms with Crippen molar-refractivity contribution in [2.45, 2.75) is 56.7 Å². The van der Waals surface area contributed by atoms with Crippen molar-refractivity contribution in [3.05, 3.63) is 28.2 Å². The third-order valence-electron chi connectivity index (χ3n) is 4.62. The van der Waals surface area contributed by atoms with Crippen molar-refractivity contribution in [2.75, 3.05) is 11.9 Å². The van der Waals surface area contributed by atoms with Crippen molar-refractivity contribution in [3.8, 4) is 0 Å². The lowest BCUT2D eigenvalue weighted by Gasteiger charge is -2.33. The van der Waals surface area contributed by atoms with E-state index < -0.39 is 11.6 Å². The molecule has 0 aromatic heterocycles. The monoisotopic (exact) mass is 359 g/mol. The zero-order valence-corrected chi connectivity index (χ0v) is 13.5. The number of rotatable bonds is 3. The number of ether oxygens (including phenoxy) is 1. The van der Waals surface area contributed by atoms with Crippen LogP contribution in [0.25, 0.3) is 0 Å². The van der Waals surface area contributed by atoms with E-state index in [2.05, 4.69) is 21.2 Å². The quantitative estimate of drug-likeness (QED) is 0.817. The Morgan fingerprint density at radius 3 is 2.67 bits per heavy atom. The summed E-state index contributed by atoms with van der Waals surface area (Å²) < 4.78 is 33.5. The van der Waals surface area contributed by atoms with Crippen LogP contribution in [0.4, 0.5) is 14.5 Å². The molecule has 1 saturated heterocycles. The molecule has 0 radical (unpaired) electrons. The van der Waals surface area contributed by atoms with Gasteiger partial charge in [0.25, 0.3) is 0 Å². The lowest BCUT2D eigenvalue weighted by molar-refractivity contribution is -0.0588. The van der Waals surface area contributed by atoms with Gasteiger partial charge in [0.15, 0.2) is 0 Å².